The van der Waals surface area contributed by atoms with Crippen molar-refractivity contribution in [3.05, 3.63) is 63.0 Å². The van der Waals surface area contributed by atoms with Crippen molar-refractivity contribution >= 4 is 44.8 Å². The van der Waals surface area contributed by atoms with Crippen LogP contribution < -0.4 is 4.74 Å². The molecule has 0 radical (unpaired) electrons. The summed E-state index contributed by atoms with van der Waals surface area (Å²) in [6.07, 6.45) is 1.90. The molecule has 0 N–H and O–H groups in total. The highest BCUT2D eigenvalue weighted by atomic mass is 35.5. The van der Waals surface area contributed by atoms with E-state index in [1.165, 1.54) is 23.9 Å². The average molecular weight is 463 g/mol. The van der Waals surface area contributed by atoms with E-state index in [2.05, 4.69) is 0 Å². The van der Waals surface area contributed by atoms with E-state index in [1.807, 2.05) is 24.3 Å². The topological polar surface area (TPSA) is 77.5 Å². The molecular weight excluding hydrogens is 444 g/mol. The van der Waals surface area contributed by atoms with Crippen LogP contribution in [0.5, 0.6) is 5.75 Å². The number of benzene rings is 2. The van der Waals surface area contributed by atoms with Gasteiger partial charge in [0.05, 0.1) is 28.4 Å². The van der Waals surface area contributed by atoms with Gasteiger partial charge in [-0.05, 0) is 61.2 Å². The monoisotopic (exact) mass is 462 g/mol. The molecule has 0 saturated heterocycles. The second kappa shape index (κ2) is 8.21. The molecule has 0 saturated carbocycles. The Hall–Kier alpha value is -2.09. The van der Waals surface area contributed by atoms with Gasteiger partial charge in [-0.1, -0.05) is 23.4 Å². The third-order valence-electron chi connectivity index (χ3n) is 5.29. The van der Waals surface area contributed by atoms with E-state index in [1.54, 1.807) is 7.11 Å². The number of Topliss-reactive ketones (excluding diaryl/α,β-unsaturated/α-hetero) is 2. The van der Waals surface area contributed by atoms with E-state index < -0.39 is 15.6 Å². The third-order valence-corrected chi connectivity index (χ3v) is 8.68. The molecule has 2 aromatic rings. The van der Waals surface area contributed by atoms with Crippen LogP contribution in [-0.4, -0.2) is 32.8 Å². The number of hydrogen-bond donors (Lipinski definition) is 0. The maximum atomic E-state index is 13.3. The van der Waals surface area contributed by atoms with Gasteiger partial charge in [-0.15, -0.1) is 0 Å². The molecule has 0 unspecified atom stereocenters. The van der Waals surface area contributed by atoms with Gasteiger partial charge in [-0.2, -0.15) is 0 Å². The van der Waals surface area contributed by atoms with E-state index in [0.29, 0.717) is 29.7 Å². The molecular formula is C22H19ClO5S2. The van der Waals surface area contributed by atoms with Gasteiger partial charge in [-0.25, -0.2) is 8.42 Å². The largest absolute Gasteiger partial charge is 0.497 e. The lowest BCUT2D eigenvalue weighted by molar-refractivity contribution is -0.115. The molecule has 0 bridgehead atoms. The zero-order chi connectivity index (χ0) is 21.5. The van der Waals surface area contributed by atoms with Crippen LogP contribution in [0.4, 0.5) is 0 Å². The number of sulfone groups is 1. The molecule has 0 spiro atoms. The van der Waals surface area contributed by atoms with Crippen molar-refractivity contribution in [2.45, 2.75) is 35.5 Å². The summed E-state index contributed by atoms with van der Waals surface area (Å²) in [6.45, 7) is 0. The predicted molar refractivity (Wildman–Crippen MR) is 116 cm³/mol. The van der Waals surface area contributed by atoms with Crippen molar-refractivity contribution in [1.29, 1.82) is 0 Å². The zero-order valence-corrected chi connectivity index (χ0v) is 18.6. The average Bonchev–Trinajstić information content (AvgIpc) is 3.04. The minimum atomic E-state index is -3.35. The number of allylic oxidation sites excluding steroid dienone is 2. The van der Waals surface area contributed by atoms with Crippen LogP contribution in [0.3, 0.4) is 0 Å². The van der Waals surface area contributed by atoms with E-state index >= 15 is 0 Å². The summed E-state index contributed by atoms with van der Waals surface area (Å²) in [4.78, 5) is 27.8. The molecule has 1 heterocycles. The Kier molecular flexibility index (Phi) is 5.79. The second-order valence-electron chi connectivity index (χ2n) is 7.15. The van der Waals surface area contributed by atoms with Gasteiger partial charge in [-0.3, -0.25) is 9.59 Å². The minimum Gasteiger partial charge on any atom is -0.497 e. The Morgan fingerprint density at radius 2 is 1.80 bits per heavy atom. The van der Waals surface area contributed by atoms with Gasteiger partial charge in [0.1, 0.15) is 5.75 Å². The zero-order valence-electron chi connectivity index (χ0n) is 16.2. The minimum absolute atomic E-state index is 0.0140. The SMILES string of the molecule is COc1ccc(SC2=C(C(=O)c3ccc4c(c3Cl)CCS4(=O)=O)C(=O)CCC2)cc1. The summed E-state index contributed by atoms with van der Waals surface area (Å²) >= 11 is 7.84. The molecule has 1 aliphatic heterocycles. The second-order valence-corrected chi connectivity index (χ2v) is 10.8. The molecule has 0 atom stereocenters. The van der Waals surface area contributed by atoms with Crippen LogP contribution in [0.25, 0.3) is 0 Å². The first-order valence-electron chi connectivity index (χ1n) is 9.49. The standard InChI is InChI=1S/C22H19ClO5S2/c1-28-13-5-7-14(8-6-13)29-18-4-2-3-17(24)20(18)22(25)16-9-10-19-15(21(16)23)11-12-30(19,26)27/h5-10H,2-4,11-12H2,1H3. The van der Waals surface area contributed by atoms with E-state index in [0.717, 1.165) is 10.6 Å². The Labute approximate surface area is 184 Å². The summed E-state index contributed by atoms with van der Waals surface area (Å²) in [5.41, 5.74) is 0.811. The first kappa shape index (κ1) is 21.2. The van der Waals surface area contributed by atoms with Crippen LogP contribution in [0, 0.1) is 0 Å². The lowest BCUT2D eigenvalue weighted by Crippen LogP contribution is -2.19. The van der Waals surface area contributed by atoms with Crippen molar-refractivity contribution in [3.8, 4) is 5.75 Å². The highest BCUT2D eigenvalue weighted by Gasteiger charge is 2.33. The number of ketones is 2. The van der Waals surface area contributed by atoms with Gasteiger partial charge >= 0.3 is 0 Å². The Bertz CT molecular complexity index is 1180. The molecule has 156 valence electrons. The number of carbonyl (C=O) groups is 2. The van der Waals surface area contributed by atoms with Crippen LogP contribution in [0.1, 0.15) is 35.2 Å². The number of thioether (sulfide) groups is 1. The van der Waals surface area contributed by atoms with E-state index in [9.17, 15) is 18.0 Å². The molecule has 2 aliphatic rings. The number of ether oxygens (including phenoxy) is 1. The molecule has 1 aliphatic carbocycles. The first-order valence-corrected chi connectivity index (χ1v) is 12.3. The van der Waals surface area contributed by atoms with E-state index in [4.69, 9.17) is 16.3 Å². The Morgan fingerprint density at radius 1 is 1.07 bits per heavy atom. The summed E-state index contributed by atoms with van der Waals surface area (Å²) in [5, 5.41) is 0.137. The predicted octanol–water partition coefficient (Wildman–Crippen LogP) is 4.66. The van der Waals surface area contributed by atoms with Crippen molar-refractivity contribution in [2.75, 3.05) is 12.9 Å². The van der Waals surface area contributed by atoms with Crippen LogP contribution in [0.2, 0.25) is 5.02 Å². The van der Waals surface area contributed by atoms with Crippen molar-refractivity contribution in [2.24, 2.45) is 0 Å². The lowest BCUT2D eigenvalue weighted by atomic mass is 9.91. The fraction of sp³-hybridized carbons (Fsp3) is 0.273. The molecule has 0 fully saturated rings. The van der Waals surface area contributed by atoms with Crippen LogP contribution >= 0.6 is 23.4 Å². The number of fused-ring (bicyclic) bond motifs is 1. The molecule has 8 heteroatoms. The summed E-state index contributed by atoms with van der Waals surface area (Å²) in [7, 11) is -1.76. The van der Waals surface area contributed by atoms with Gasteiger partial charge in [0, 0.05) is 21.8 Å². The maximum absolute atomic E-state index is 13.3. The van der Waals surface area contributed by atoms with Crippen LogP contribution in [0.15, 0.2) is 56.7 Å². The van der Waals surface area contributed by atoms with E-state index in [-0.39, 0.29) is 39.0 Å². The normalized spacial score (nSPS) is 17.7. The molecule has 30 heavy (non-hydrogen) atoms. The Morgan fingerprint density at radius 3 is 2.50 bits per heavy atom. The first-order chi connectivity index (χ1) is 14.3. The van der Waals surface area contributed by atoms with Gasteiger partial charge in [0.25, 0.3) is 0 Å². The fourth-order valence-corrected chi connectivity index (χ4v) is 6.80. The number of halogens is 1. The summed E-state index contributed by atoms with van der Waals surface area (Å²) in [6, 6.07) is 10.3. The Balaban J connectivity index is 1.74. The quantitative estimate of drug-likeness (QED) is 0.475. The summed E-state index contributed by atoms with van der Waals surface area (Å²) < 4.78 is 29.4. The number of hydrogen-bond acceptors (Lipinski definition) is 6. The smallest absolute Gasteiger partial charge is 0.198 e. The fourth-order valence-electron chi connectivity index (χ4n) is 3.74. The summed E-state index contributed by atoms with van der Waals surface area (Å²) in [5.74, 6) is 0.0726. The molecule has 5 nitrogen and oxygen atoms in total. The molecule has 2 aromatic carbocycles. The molecule has 4 rings (SSSR count). The highest BCUT2D eigenvalue weighted by Crippen LogP contribution is 2.40. The molecule has 0 amide bonds. The van der Waals surface area contributed by atoms with Crippen LogP contribution in [-0.2, 0) is 21.1 Å². The number of carbonyl (C=O) groups excluding carboxylic acids is 2. The molecule has 0 aromatic heterocycles. The third kappa shape index (κ3) is 3.82. The maximum Gasteiger partial charge on any atom is 0.198 e. The van der Waals surface area contributed by atoms with Gasteiger partial charge in [0.2, 0.25) is 0 Å². The van der Waals surface area contributed by atoms with Gasteiger partial charge < -0.3 is 4.74 Å². The van der Waals surface area contributed by atoms with Crippen molar-refractivity contribution in [1.82, 2.24) is 0 Å². The van der Waals surface area contributed by atoms with Gasteiger partial charge in [0.15, 0.2) is 21.4 Å². The highest BCUT2D eigenvalue weighted by molar-refractivity contribution is 8.03. The van der Waals surface area contributed by atoms with Crippen molar-refractivity contribution < 1.29 is 22.7 Å². The lowest BCUT2D eigenvalue weighted by Gasteiger charge is -2.19. The number of methoxy groups -OCH3 is 1. The van der Waals surface area contributed by atoms with Crippen molar-refractivity contribution in [3.63, 3.8) is 0 Å². The number of rotatable bonds is 5.